The molecule has 3 aromatic rings. The molecule has 154 valence electrons. The van der Waals surface area contributed by atoms with E-state index in [0.717, 1.165) is 11.9 Å². The van der Waals surface area contributed by atoms with Gasteiger partial charge in [0.05, 0.1) is 4.90 Å². The molecular formula is C20H24ClN5O2S. The van der Waals surface area contributed by atoms with Crippen molar-refractivity contribution in [1.29, 1.82) is 0 Å². The molecule has 0 fully saturated rings. The Balaban J connectivity index is 1.42. The number of nitrogens with one attached hydrogen (secondary N) is 4. The molecule has 0 radical (unpaired) electrons. The maximum absolute atomic E-state index is 12.3. The van der Waals surface area contributed by atoms with E-state index in [1.54, 1.807) is 19.2 Å². The molecule has 0 unspecified atom stereocenters. The number of para-hydroxylation sites is 1. The van der Waals surface area contributed by atoms with Gasteiger partial charge < -0.3 is 15.6 Å². The normalized spacial score (nSPS) is 12.3. The number of hydrogen-bond acceptors (Lipinski definition) is 3. The van der Waals surface area contributed by atoms with Crippen molar-refractivity contribution in [2.24, 2.45) is 4.99 Å². The first-order valence-corrected chi connectivity index (χ1v) is 11.1. The number of aromatic amines is 1. The Morgan fingerprint density at radius 1 is 1.07 bits per heavy atom. The lowest BCUT2D eigenvalue weighted by Gasteiger charge is -2.12. The van der Waals surface area contributed by atoms with Crippen LogP contribution in [0.25, 0.3) is 10.9 Å². The van der Waals surface area contributed by atoms with E-state index in [2.05, 4.69) is 37.5 Å². The van der Waals surface area contributed by atoms with Gasteiger partial charge in [-0.3, -0.25) is 4.99 Å². The second kappa shape index (κ2) is 9.78. The van der Waals surface area contributed by atoms with Crippen molar-refractivity contribution in [3.63, 3.8) is 0 Å². The summed E-state index contributed by atoms with van der Waals surface area (Å²) in [5, 5.41) is 7.94. The Bertz CT molecular complexity index is 1090. The number of sulfonamides is 1. The number of benzene rings is 2. The number of hydrogen-bond donors (Lipinski definition) is 4. The first-order chi connectivity index (χ1) is 14.0. The van der Waals surface area contributed by atoms with Crippen LogP contribution >= 0.6 is 11.6 Å². The number of rotatable bonds is 8. The number of H-pyrrole nitrogens is 1. The highest BCUT2D eigenvalue weighted by Crippen LogP contribution is 2.17. The molecule has 29 heavy (non-hydrogen) atoms. The second-order valence-electron chi connectivity index (χ2n) is 6.39. The molecule has 1 heterocycles. The van der Waals surface area contributed by atoms with Crippen LogP contribution in [0.1, 0.15) is 5.56 Å². The predicted molar refractivity (Wildman–Crippen MR) is 118 cm³/mol. The number of aliphatic imine (C=N–C) groups is 1. The third-order valence-electron chi connectivity index (χ3n) is 4.40. The molecule has 0 spiro atoms. The third-order valence-corrected chi connectivity index (χ3v) is 6.10. The number of nitrogens with zero attached hydrogens (tertiary/aromatic N) is 1. The molecule has 0 saturated heterocycles. The molecule has 0 atom stereocenters. The molecule has 2 aromatic carbocycles. The van der Waals surface area contributed by atoms with Crippen molar-refractivity contribution in [2.75, 3.05) is 26.7 Å². The third kappa shape index (κ3) is 5.72. The van der Waals surface area contributed by atoms with Crippen molar-refractivity contribution in [1.82, 2.24) is 20.3 Å². The van der Waals surface area contributed by atoms with Gasteiger partial charge >= 0.3 is 0 Å². The summed E-state index contributed by atoms with van der Waals surface area (Å²) in [4.78, 5) is 7.58. The lowest BCUT2D eigenvalue weighted by Crippen LogP contribution is -2.42. The summed E-state index contributed by atoms with van der Waals surface area (Å²) in [6.45, 7) is 1.32. The van der Waals surface area contributed by atoms with Crippen LogP contribution < -0.4 is 15.4 Å². The Morgan fingerprint density at radius 3 is 2.66 bits per heavy atom. The lowest BCUT2D eigenvalue weighted by atomic mass is 10.1. The molecule has 3 rings (SSSR count). The zero-order valence-corrected chi connectivity index (χ0v) is 17.6. The summed E-state index contributed by atoms with van der Waals surface area (Å²) in [6.07, 6.45) is 2.86. The predicted octanol–water partition coefficient (Wildman–Crippen LogP) is 2.51. The van der Waals surface area contributed by atoms with E-state index in [9.17, 15) is 8.42 Å². The summed E-state index contributed by atoms with van der Waals surface area (Å²) in [6, 6.07) is 14.3. The van der Waals surface area contributed by atoms with Gasteiger partial charge in [0.1, 0.15) is 0 Å². The Kier molecular flexibility index (Phi) is 7.13. The van der Waals surface area contributed by atoms with Crippen molar-refractivity contribution in [2.45, 2.75) is 11.3 Å². The molecule has 0 amide bonds. The van der Waals surface area contributed by atoms with E-state index in [-0.39, 0.29) is 11.4 Å². The zero-order chi connectivity index (χ0) is 20.7. The Morgan fingerprint density at radius 2 is 1.86 bits per heavy atom. The highest BCUT2D eigenvalue weighted by Gasteiger charge is 2.13. The quantitative estimate of drug-likeness (QED) is 0.249. The van der Waals surface area contributed by atoms with Gasteiger partial charge in [0.2, 0.25) is 10.0 Å². The zero-order valence-electron chi connectivity index (χ0n) is 16.1. The van der Waals surface area contributed by atoms with Crippen LogP contribution in [0.15, 0.2) is 64.6 Å². The Labute approximate surface area is 175 Å². The van der Waals surface area contributed by atoms with Crippen LogP contribution in [0.2, 0.25) is 5.02 Å². The molecule has 0 saturated carbocycles. The van der Waals surface area contributed by atoms with Crippen molar-refractivity contribution >= 4 is 38.5 Å². The minimum Gasteiger partial charge on any atom is -0.361 e. The number of guanidine groups is 1. The maximum Gasteiger partial charge on any atom is 0.240 e. The van der Waals surface area contributed by atoms with E-state index < -0.39 is 10.0 Å². The van der Waals surface area contributed by atoms with Gasteiger partial charge in [-0.1, -0.05) is 35.9 Å². The summed E-state index contributed by atoms with van der Waals surface area (Å²) in [5.41, 5.74) is 2.36. The molecule has 1 aromatic heterocycles. The number of aromatic nitrogens is 1. The number of fused-ring (bicyclic) bond motifs is 1. The monoisotopic (exact) mass is 433 g/mol. The van der Waals surface area contributed by atoms with E-state index in [1.807, 2.05) is 18.3 Å². The first kappa shape index (κ1) is 21.2. The lowest BCUT2D eigenvalue weighted by molar-refractivity contribution is 0.580. The van der Waals surface area contributed by atoms with E-state index in [1.165, 1.54) is 23.1 Å². The Hall–Kier alpha value is -2.55. The van der Waals surface area contributed by atoms with Crippen LogP contribution in [0.5, 0.6) is 0 Å². The molecule has 9 heteroatoms. The SMILES string of the molecule is CN=C(NCCNS(=O)(=O)c1cccc(Cl)c1)NCCc1c[nH]c2ccccc12. The summed E-state index contributed by atoms with van der Waals surface area (Å²) in [5.74, 6) is 0.617. The largest absolute Gasteiger partial charge is 0.361 e. The molecule has 7 nitrogen and oxygen atoms in total. The molecular weight excluding hydrogens is 410 g/mol. The van der Waals surface area contributed by atoms with Gasteiger partial charge in [-0.25, -0.2) is 13.1 Å². The summed E-state index contributed by atoms with van der Waals surface area (Å²) >= 11 is 5.86. The second-order valence-corrected chi connectivity index (χ2v) is 8.59. The van der Waals surface area contributed by atoms with Crippen LogP contribution in [-0.2, 0) is 16.4 Å². The topological polar surface area (TPSA) is 98.4 Å². The average Bonchev–Trinajstić information content (AvgIpc) is 3.13. The van der Waals surface area contributed by atoms with E-state index >= 15 is 0 Å². The minimum absolute atomic E-state index is 0.145. The highest BCUT2D eigenvalue weighted by molar-refractivity contribution is 7.89. The van der Waals surface area contributed by atoms with Gasteiger partial charge in [0, 0.05) is 48.8 Å². The van der Waals surface area contributed by atoms with Crippen LogP contribution in [0.3, 0.4) is 0 Å². The molecule has 0 aliphatic rings. The van der Waals surface area contributed by atoms with Gasteiger partial charge in [0.15, 0.2) is 5.96 Å². The van der Waals surface area contributed by atoms with Crippen molar-refractivity contribution in [3.05, 3.63) is 65.3 Å². The highest BCUT2D eigenvalue weighted by atomic mass is 35.5. The fraction of sp³-hybridized carbons (Fsp3) is 0.250. The maximum atomic E-state index is 12.3. The summed E-state index contributed by atoms with van der Waals surface area (Å²) < 4.78 is 27.1. The first-order valence-electron chi connectivity index (χ1n) is 9.24. The van der Waals surface area contributed by atoms with Gasteiger partial charge in [-0.2, -0.15) is 0 Å². The van der Waals surface area contributed by atoms with E-state index in [0.29, 0.717) is 24.1 Å². The summed E-state index contributed by atoms with van der Waals surface area (Å²) in [7, 11) is -1.92. The van der Waals surface area contributed by atoms with Gasteiger partial charge in [-0.15, -0.1) is 0 Å². The standard InChI is InChI=1S/C20H24ClN5O2S/c1-22-20(23-10-9-15-14-25-19-8-3-2-7-18(15)19)24-11-12-26-29(27,28)17-6-4-5-16(21)13-17/h2-8,13-14,25-26H,9-12H2,1H3,(H2,22,23,24). The molecule has 4 N–H and O–H groups in total. The van der Waals surface area contributed by atoms with Crippen LogP contribution in [-0.4, -0.2) is 46.0 Å². The van der Waals surface area contributed by atoms with Crippen molar-refractivity contribution < 1.29 is 8.42 Å². The van der Waals surface area contributed by atoms with Crippen LogP contribution in [0.4, 0.5) is 0 Å². The van der Waals surface area contributed by atoms with Gasteiger partial charge in [0.25, 0.3) is 0 Å². The van der Waals surface area contributed by atoms with Crippen molar-refractivity contribution in [3.8, 4) is 0 Å². The van der Waals surface area contributed by atoms with Gasteiger partial charge in [-0.05, 0) is 36.2 Å². The fourth-order valence-corrected chi connectivity index (χ4v) is 4.29. The molecule has 0 aliphatic carbocycles. The average molecular weight is 434 g/mol. The number of halogens is 1. The molecule has 0 bridgehead atoms. The molecule has 0 aliphatic heterocycles. The smallest absolute Gasteiger partial charge is 0.240 e. The fourth-order valence-electron chi connectivity index (χ4n) is 2.96. The van der Waals surface area contributed by atoms with E-state index in [4.69, 9.17) is 11.6 Å². The minimum atomic E-state index is -3.59. The van der Waals surface area contributed by atoms with Crippen LogP contribution in [0, 0.1) is 0 Å².